The van der Waals surface area contributed by atoms with Crippen molar-refractivity contribution in [3.8, 4) is 0 Å². The van der Waals surface area contributed by atoms with E-state index in [0.29, 0.717) is 18.1 Å². The van der Waals surface area contributed by atoms with Gasteiger partial charge in [0.2, 0.25) is 5.89 Å². The van der Waals surface area contributed by atoms with E-state index >= 15 is 0 Å². The Labute approximate surface area is 132 Å². The molecule has 3 rings (SSSR count). The first-order valence-corrected chi connectivity index (χ1v) is 7.31. The van der Waals surface area contributed by atoms with Crippen molar-refractivity contribution < 1.29 is 4.52 Å². The second-order valence-corrected chi connectivity index (χ2v) is 6.10. The number of hydrogen-bond donors (Lipinski definition) is 1. The average Bonchev–Trinajstić information content (AvgIpc) is 2.99. The highest BCUT2D eigenvalue weighted by molar-refractivity contribution is 9.10. The molecule has 6 heteroatoms. The monoisotopic (exact) mass is 357 g/mol. The smallest absolute Gasteiger partial charge is 0.231 e. The topological polar surface area (TPSA) is 64.9 Å². The van der Waals surface area contributed by atoms with Gasteiger partial charge in [-0.2, -0.15) is 4.98 Å². The molecule has 1 aromatic heterocycles. The summed E-state index contributed by atoms with van der Waals surface area (Å²) in [7, 11) is 0. The van der Waals surface area contributed by atoms with Gasteiger partial charge in [-0.05, 0) is 30.5 Å². The summed E-state index contributed by atoms with van der Waals surface area (Å²) in [6, 6.07) is 8.09. The molecule has 0 radical (unpaired) electrons. The van der Waals surface area contributed by atoms with Gasteiger partial charge in [0.25, 0.3) is 0 Å². The highest BCUT2D eigenvalue weighted by atomic mass is 79.9. The summed E-state index contributed by atoms with van der Waals surface area (Å²) in [4.78, 5) is 4.47. The summed E-state index contributed by atoms with van der Waals surface area (Å²) in [5.74, 6) is 1.29. The van der Waals surface area contributed by atoms with Crippen LogP contribution in [0.3, 0.4) is 0 Å². The Morgan fingerprint density at radius 1 is 1.30 bits per heavy atom. The van der Waals surface area contributed by atoms with Gasteiger partial charge in [0.15, 0.2) is 5.82 Å². The molecule has 1 aromatic carbocycles. The Kier molecular flexibility index (Phi) is 4.83. The van der Waals surface area contributed by atoms with Gasteiger partial charge in [0.05, 0.1) is 12.0 Å². The number of aromatic nitrogens is 2. The molecule has 0 spiro atoms. The standard InChI is InChI=1S/C14H16BrN3O.ClH/c15-11-5-3-4-10(8-11)9-12-17-13(18-19-12)14(16)6-1-2-7-14;/h3-5,8H,1-2,6-7,9,16H2;1H. The van der Waals surface area contributed by atoms with E-state index in [0.717, 1.165) is 35.7 Å². The van der Waals surface area contributed by atoms with Crippen LogP contribution in [0.1, 0.15) is 43.0 Å². The zero-order valence-electron chi connectivity index (χ0n) is 11.0. The number of nitrogens with two attached hydrogens (primary N) is 1. The molecule has 0 amide bonds. The molecule has 4 nitrogen and oxygen atoms in total. The van der Waals surface area contributed by atoms with Crippen molar-refractivity contribution in [2.45, 2.75) is 37.6 Å². The van der Waals surface area contributed by atoms with Gasteiger partial charge < -0.3 is 10.3 Å². The Balaban J connectivity index is 0.00000147. The van der Waals surface area contributed by atoms with E-state index in [4.69, 9.17) is 10.3 Å². The molecule has 0 atom stereocenters. The van der Waals surface area contributed by atoms with E-state index in [-0.39, 0.29) is 17.9 Å². The Morgan fingerprint density at radius 3 is 2.75 bits per heavy atom. The zero-order valence-corrected chi connectivity index (χ0v) is 13.4. The van der Waals surface area contributed by atoms with Gasteiger partial charge in [-0.1, -0.05) is 46.1 Å². The molecule has 1 aliphatic rings. The summed E-state index contributed by atoms with van der Waals surface area (Å²) in [5, 5.41) is 4.07. The summed E-state index contributed by atoms with van der Waals surface area (Å²) < 4.78 is 6.38. The lowest BCUT2D eigenvalue weighted by molar-refractivity contribution is 0.352. The first kappa shape index (κ1) is 15.5. The average molecular weight is 359 g/mol. The summed E-state index contributed by atoms with van der Waals surface area (Å²) in [6.45, 7) is 0. The van der Waals surface area contributed by atoms with Crippen molar-refractivity contribution in [1.82, 2.24) is 10.1 Å². The maximum absolute atomic E-state index is 6.32. The Bertz CT molecular complexity index is 581. The third-order valence-corrected chi connectivity index (χ3v) is 4.15. The molecule has 2 N–H and O–H groups in total. The molecular weight excluding hydrogens is 342 g/mol. The summed E-state index contributed by atoms with van der Waals surface area (Å²) in [5.41, 5.74) is 7.08. The highest BCUT2D eigenvalue weighted by Gasteiger charge is 2.35. The minimum Gasteiger partial charge on any atom is -0.339 e. The lowest BCUT2D eigenvalue weighted by Gasteiger charge is -2.17. The molecule has 1 fully saturated rings. The van der Waals surface area contributed by atoms with Crippen molar-refractivity contribution >= 4 is 28.3 Å². The Morgan fingerprint density at radius 2 is 2.05 bits per heavy atom. The molecule has 108 valence electrons. The van der Waals surface area contributed by atoms with Crippen molar-refractivity contribution in [3.63, 3.8) is 0 Å². The van der Waals surface area contributed by atoms with E-state index < -0.39 is 0 Å². The minimum absolute atomic E-state index is 0. The van der Waals surface area contributed by atoms with Gasteiger partial charge in [-0.15, -0.1) is 12.4 Å². The fraction of sp³-hybridized carbons (Fsp3) is 0.429. The molecule has 20 heavy (non-hydrogen) atoms. The maximum atomic E-state index is 6.32. The van der Waals surface area contributed by atoms with E-state index in [1.54, 1.807) is 0 Å². The first-order chi connectivity index (χ1) is 9.16. The first-order valence-electron chi connectivity index (χ1n) is 6.52. The number of hydrogen-bond acceptors (Lipinski definition) is 4. The summed E-state index contributed by atoms with van der Waals surface area (Å²) >= 11 is 3.46. The molecular formula is C14H17BrClN3O. The molecule has 1 heterocycles. The van der Waals surface area contributed by atoms with E-state index in [1.165, 1.54) is 0 Å². The van der Waals surface area contributed by atoms with Crippen molar-refractivity contribution in [2.24, 2.45) is 5.73 Å². The highest BCUT2D eigenvalue weighted by Crippen LogP contribution is 2.34. The number of halogens is 2. The lowest BCUT2D eigenvalue weighted by atomic mass is 9.99. The second kappa shape index (κ2) is 6.24. The fourth-order valence-electron chi connectivity index (χ4n) is 2.58. The molecule has 0 bridgehead atoms. The van der Waals surface area contributed by atoms with Crippen molar-refractivity contribution in [2.75, 3.05) is 0 Å². The van der Waals surface area contributed by atoms with Crippen LogP contribution in [0.15, 0.2) is 33.3 Å². The fourth-order valence-corrected chi connectivity index (χ4v) is 3.03. The minimum atomic E-state index is -0.376. The molecule has 2 aromatic rings. The number of nitrogens with zero attached hydrogens (tertiary/aromatic N) is 2. The van der Waals surface area contributed by atoms with Crippen LogP contribution in [0.2, 0.25) is 0 Å². The van der Waals surface area contributed by atoms with Gasteiger partial charge in [0, 0.05) is 4.47 Å². The third kappa shape index (κ3) is 3.22. The van der Waals surface area contributed by atoms with Crippen LogP contribution in [-0.4, -0.2) is 10.1 Å². The van der Waals surface area contributed by atoms with Gasteiger partial charge in [-0.3, -0.25) is 0 Å². The van der Waals surface area contributed by atoms with Crippen LogP contribution >= 0.6 is 28.3 Å². The largest absolute Gasteiger partial charge is 0.339 e. The van der Waals surface area contributed by atoms with Crippen molar-refractivity contribution in [1.29, 1.82) is 0 Å². The molecule has 0 unspecified atom stereocenters. The SMILES string of the molecule is Cl.NC1(c2noc(Cc3cccc(Br)c3)n2)CCCC1. The molecule has 1 saturated carbocycles. The van der Waals surface area contributed by atoms with Crippen LogP contribution in [0.25, 0.3) is 0 Å². The lowest BCUT2D eigenvalue weighted by Crippen LogP contribution is -2.34. The van der Waals surface area contributed by atoms with E-state index in [1.807, 2.05) is 18.2 Å². The molecule has 0 saturated heterocycles. The van der Waals surface area contributed by atoms with Crippen LogP contribution in [0.5, 0.6) is 0 Å². The maximum Gasteiger partial charge on any atom is 0.231 e. The number of rotatable bonds is 3. The van der Waals surface area contributed by atoms with E-state index in [9.17, 15) is 0 Å². The van der Waals surface area contributed by atoms with E-state index in [2.05, 4.69) is 32.1 Å². The molecule has 0 aliphatic heterocycles. The second-order valence-electron chi connectivity index (χ2n) is 5.18. The van der Waals surface area contributed by atoms with Crippen LogP contribution in [-0.2, 0) is 12.0 Å². The predicted molar refractivity (Wildman–Crippen MR) is 82.8 cm³/mol. The number of benzene rings is 1. The van der Waals surface area contributed by atoms with Gasteiger partial charge in [0.1, 0.15) is 0 Å². The van der Waals surface area contributed by atoms with Crippen LogP contribution < -0.4 is 5.73 Å². The summed E-state index contributed by atoms with van der Waals surface area (Å²) in [6.07, 6.45) is 4.83. The van der Waals surface area contributed by atoms with Crippen LogP contribution in [0.4, 0.5) is 0 Å². The normalized spacial score (nSPS) is 16.9. The third-order valence-electron chi connectivity index (χ3n) is 3.65. The predicted octanol–water partition coefficient (Wildman–Crippen LogP) is 3.57. The van der Waals surface area contributed by atoms with Gasteiger partial charge in [-0.25, -0.2) is 0 Å². The van der Waals surface area contributed by atoms with Gasteiger partial charge >= 0.3 is 0 Å². The molecule has 1 aliphatic carbocycles. The van der Waals surface area contributed by atoms with Crippen molar-refractivity contribution in [3.05, 3.63) is 46.0 Å². The zero-order chi connectivity index (χ0) is 13.3. The quantitative estimate of drug-likeness (QED) is 0.911. The van der Waals surface area contributed by atoms with Crippen LogP contribution in [0, 0.1) is 0 Å². The Hall–Kier alpha value is -0.910.